The van der Waals surface area contributed by atoms with Crippen LogP contribution in [-0.2, 0) is 4.79 Å². The molecule has 1 aromatic carbocycles. The summed E-state index contributed by atoms with van der Waals surface area (Å²) < 4.78 is 0. The molecule has 2 amide bonds. The molecule has 1 aliphatic rings. The van der Waals surface area contributed by atoms with Gasteiger partial charge in [-0.1, -0.05) is 24.3 Å². The van der Waals surface area contributed by atoms with Crippen LogP contribution in [0.5, 0.6) is 0 Å². The van der Waals surface area contributed by atoms with Gasteiger partial charge in [0, 0.05) is 31.9 Å². The van der Waals surface area contributed by atoms with Crippen molar-refractivity contribution in [3.05, 3.63) is 52.7 Å². The van der Waals surface area contributed by atoms with Crippen molar-refractivity contribution in [1.82, 2.24) is 9.80 Å². The van der Waals surface area contributed by atoms with E-state index in [-0.39, 0.29) is 30.8 Å². The number of hydrogen-bond acceptors (Lipinski definition) is 4. The zero-order chi connectivity index (χ0) is 16.1. The minimum Gasteiger partial charge on any atom is -0.376 e. The number of piperazine rings is 1. The van der Waals surface area contributed by atoms with Gasteiger partial charge in [-0.05, 0) is 23.6 Å². The van der Waals surface area contributed by atoms with E-state index in [1.807, 2.05) is 57.6 Å². The Hall–Kier alpha value is -2.05. The molecule has 5 nitrogen and oxygen atoms in total. The Morgan fingerprint density at radius 1 is 0.958 bits per heavy atom. The number of thiophene rings is 1. The summed E-state index contributed by atoms with van der Waals surface area (Å²) in [5.41, 5.74) is 0.937. The van der Waals surface area contributed by atoms with Crippen LogP contribution in [0.15, 0.2) is 47.8 Å². The normalized spacial score (nSPS) is 14.0. The van der Waals surface area contributed by atoms with E-state index in [0.717, 1.165) is 10.6 Å². The topological polar surface area (TPSA) is 52.7 Å². The molecule has 1 aliphatic heterocycles. The van der Waals surface area contributed by atoms with Crippen molar-refractivity contribution in [2.24, 2.45) is 0 Å². The van der Waals surface area contributed by atoms with Crippen LogP contribution in [0.25, 0.3) is 0 Å². The van der Waals surface area contributed by atoms with Crippen molar-refractivity contribution in [3.8, 4) is 0 Å². The molecule has 0 spiro atoms. The van der Waals surface area contributed by atoms with Crippen LogP contribution in [0.4, 0.5) is 5.69 Å². The fraction of sp³-hybridized carbons (Fsp3) is 0.294. The van der Waals surface area contributed by atoms with E-state index in [1.165, 1.54) is 11.3 Å². The van der Waals surface area contributed by atoms with Crippen molar-refractivity contribution in [2.45, 2.75) is 0 Å². The molecule has 0 atom stereocenters. The molecule has 2 heterocycles. The highest BCUT2D eigenvalue weighted by atomic mass is 35.5. The van der Waals surface area contributed by atoms with Gasteiger partial charge in [0.25, 0.3) is 5.91 Å². The largest absolute Gasteiger partial charge is 0.376 e. The second-order valence-electron chi connectivity index (χ2n) is 5.37. The van der Waals surface area contributed by atoms with E-state index in [4.69, 9.17) is 0 Å². The number of benzene rings is 1. The van der Waals surface area contributed by atoms with Gasteiger partial charge in [-0.15, -0.1) is 23.7 Å². The van der Waals surface area contributed by atoms with E-state index in [1.54, 1.807) is 0 Å². The van der Waals surface area contributed by atoms with E-state index in [0.29, 0.717) is 26.2 Å². The van der Waals surface area contributed by atoms with Gasteiger partial charge in [-0.25, -0.2) is 0 Å². The minimum atomic E-state index is 0. The lowest BCUT2D eigenvalue weighted by Crippen LogP contribution is -2.51. The predicted molar refractivity (Wildman–Crippen MR) is 99.0 cm³/mol. The first-order valence-electron chi connectivity index (χ1n) is 7.63. The molecular formula is C17H20ClN3O2S. The molecule has 0 bridgehead atoms. The molecule has 3 rings (SSSR count). The SMILES string of the molecule is Cl.O=C(CNc1ccccc1)N1CCN(C(=O)c2cccs2)CC1. The second kappa shape index (κ2) is 8.70. The quantitative estimate of drug-likeness (QED) is 0.906. The third-order valence-corrected chi connectivity index (χ3v) is 4.73. The molecule has 0 saturated carbocycles. The first kappa shape index (κ1) is 18.3. The molecule has 2 aromatic rings. The van der Waals surface area contributed by atoms with Crippen molar-refractivity contribution in [2.75, 3.05) is 38.0 Å². The molecule has 1 aromatic heterocycles. The average molecular weight is 366 g/mol. The number of nitrogens with one attached hydrogen (secondary N) is 1. The van der Waals surface area contributed by atoms with E-state index in [2.05, 4.69) is 5.32 Å². The third-order valence-electron chi connectivity index (χ3n) is 3.87. The molecule has 0 aliphatic carbocycles. The summed E-state index contributed by atoms with van der Waals surface area (Å²) in [6.07, 6.45) is 0. The van der Waals surface area contributed by atoms with Gasteiger partial charge in [0.15, 0.2) is 0 Å². The Morgan fingerprint density at radius 3 is 2.25 bits per heavy atom. The Morgan fingerprint density at radius 2 is 1.62 bits per heavy atom. The first-order valence-corrected chi connectivity index (χ1v) is 8.51. The Kier molecular flexibility index (Phi) is 6.63. The van der Waals surface area contributed by atoms with Gasteiger partial charge in [-0.3, -0.25) is 9.59 Å². The number of para-hydroxylation sites is 1. The maximum atomic E-state index is 12.3. The van der Waals surface area contributed by atoms with Crippen molar-refractivity contribution >= 4 is 41.2 Å². The summed E-state index contributed by atoms with van der Waals surface area (Å²) in [5, 5.41) is 5.03. The molecule has 0 unspecified atom stereocenters. The lowest BCUT2D eigenvalue weighted by molar-refractivity contribution is -0.130. The van der Waals surface area contributed by atoms with Gasteiger partial charge in [0.2, 0.25) is 5.91 Å². The van der Waals surface area contributed by atoms with E-state index < -0.39 is 0 Å². The van der Waals surface area contributed by atoms with Crippen LogP contribution in [0.3, 0.4) is 0 Å². The zero-order valence-electron chi connectivity index (χ0n) is 13.2. The summed E-state index contributed by atoms with van der Waals surface area (Å²) in [6, 6.07) is 13.4. The number of carbonyl (C=O) groups is 2. The van der Waals surface area contributed by atoms with Crippen molar-refractivity contribution < 1.29 is 9.59 Å². The lowest BCUT2D eigenvalue weighted by Gasteiger charge is -2.34. The highest BCUT2D eigenvalue weighted by Gasteiger charge is 2.24. The summed E-state index contributed by atoms with van der Waals surface area (Å²) in [6.45, 7) is 2.64. The van der Waals surface area contributed by atoms with Crippen LogP contribution < -0.4 is 5.32 Å². The summed E-state index contributed by atoms with van der Waals surface area (Å²) >= 11 is 1.46. The Balaban J connectivity index is 0.00000208. The Labute approximate surface area is 151 Å². The Bertz CT molecular complexity index is 656. The second-order valence-corrected chi connectivity index (χ2v) is 6.32. The molecule has 128 valence electrons. The number of halogens is 1. The molecular weight excluding hydrogens is 346 g/mol. The average Bonchev–Trinajstić information content (AvgIpc) is 3.15. The fourth-order valence-electron chi connectivity index (χ4n) is 2.56. The van der Waals surface area contributed by atoms with E-state index in [9.17, 15) is 9.59 Å². The van der Waals surface area contributed by atoms with Crippen LogP contribution in [-0.4, -0.2) is 54.3 Å². The summed E-state index contributed by atoms with van der Waals surface area (Å²) in [4.78, 5) is 28.9. The van der Waals surface area contributed by atoms with Crippen LogP contribution in [0.1, 0.15) is 9.67 Å². The summed E-state index contributed by atoms with van der Waals surface area (Å²) in [5.74, 6) is 0.131. The molecule has 7 heteroatoms. The molecule has 1 N–H and O–H groups in total. The van der Waals surface area contributed by atoms with Crippen molar-refractivity contribution in [1.29, 1.82) is 0 Å². The highest BCUT2D eigenvalue weighted by molar-refractivity contribution is 7.12. The fourth-order valence-corrected chi connectivity index (χ4v) is 3.25. The van der Waals surface area contributed by atoms with Gasteiger partial charge in [0.1, 0.15) is 0 Å². The van der Waals surface area contributed by atoms with Crippen LogP contribution in [0, 0.1) is 0 Å². The standard InChI is InChI=1S/C17H19N3O2S.ClH/c21-16(13-18-14-5-2-1-3-6-14)19-8-10-20(11-9-19)17(22)15-7-4-12-23-15;/h1-7,12,18H,8-11,13H2;1H. The molecule has 1 fully saturated rings. The molecule has 24 heavy (non-hydrogen) atoms. The number of rotatable bonds is 4. The lowest BCUT2D eigenvalue weighted by atomic mass is 10.2. The molecule has 1 saturated heterocycles. The van der Waals surface area contributed by atoms with Gasteiger partial charge < -0.3 is 15.1 Å². The zero-order valence-corrected chi connectivity index (χ0v) is 14.8. The van der Waals surface area contributed by atoms with Crippen LogP contribution in [0.2, 0.25) is 0 Å². The smallest absolute Gasteiger partial charge is 0.264 e. The number of amides is 2. The monoisotopic (exact) mass is 365 g/mol. The predicted octanol–water partition coefficient (Wildman–Crippen LogP) is 2.57. The van der Waals surface area contributed by atoms with Crippen LogP contribution >= 0.6 is 23.7 Å². The first-order chi connectivity index (χ1) is 11.2. The highest BCUT2D eigenvalue weighted by Crippen LogP contribution is 2.14. The summed E-state index contributed by atoms with van der Waals surface area (Å²) in [7, 11) is 0. The molecule has 0 radical (unpaired) electrons. The van der Waals surface area contributed by atoms with E-state index >= 15 is 0 Å². The number of nitrogens with zero attached hydrogens (tertiary/aromatic N) is 2. The maximum absolute atomic E-state index is 12.3. The minimum absolute atomic E-state index is 0. The number of anilines is 1. The van der Waals surface area contributed by atoms with Gasteiger partial charge in [-0.2, -0.15) is 0 Å². The van der Waals surface area contributed by atoms with Gasteiger partial charge in [0.05, 0.1) is 11.4 Å². The van der Waals surface area contributed by atoms with Crippen molar-refractivity contribution in [3.63, 3.8) is 0 Å². The maximum Gasteiger partial charge on any atom is 0.264 e. The van der Waals surface area contributed by atoms with Gasteiger partial charge >= 0.3 is 0 Å². The third kappa shape index (κ3) is 4.49. The number of carbonyl (C=O) groups excluding carboxylic acids is 2. The number of hydrogen-bond donors (Lipinski definition) is 1.